The van der Waals surface area contributed by atoms with Crippen molar-refractivity contribution in [2.75, 3.05) is 5.32 Å². The van der Waals surface area contributed by atoms with Gasteiger partial charge in [-0.3, -0.25) is 4.79 Å². The van der Waals surface area contributed by atoms with Gasteiger partial charge in [-0.25, -0.2) is 4.98 Å². The molecule has 0 bridgehead atoms. The Bertz CT molecular complexity index is 776. The van der Waals surface area contributed by atoms with E-state index >= 15 is 0 Å². The number of amides is 1. The highest BCUT2D eigenvalue weighted by Crippen LogP contribution is 2.26. The van der Waals surface area contributed by atoms with Crippen molar-refractivity contribution in [3.63, 3.8) is 0 Å². The summed E-state index contributed by atoms with van der Waals surface area (Å²) in [6.07, 6.45) is 1.13. The zero-order chi connectivity index (χ0) is 16.2. The standard InChI is InChI=1S/C15H16N4OS3/c1-9(2)5-13-18-19-15(23-13)17-12(20)6-11-8-22-14(16-11)10-3-4-21-7-10/h3-4,7-9H,5-6H2,1-2H3,(H,17,19,20). The van der Waals surface area contributed by atoms with E-state index in [2.05, 4.69) is 39.7 Å². The summed E-state index contributed by atoms with van der Waals surface area (Å²) in [7, 11) is 0. The van der Waals surface area contributed by atoms with Crippen molar-refractivity contribution < 1.29 is 4.79 Å². The average Bonchev–Trinajstić information content (AvgIpc) is 3.19. The molecule has 3 heterocycles. The smallest absolute Gasteiger partial charge is 0.232 e. The van der Waals surface area contributed by atoms with E-state index < -0.39 is 0 Å². The van der Waals surface area contributed by atoms with E-state index in [1.165, 1.54) is 11.3 Å². The van der Waals surface area contributed by atoms with Crippen LogP contribution in [0.2, 0.25) is 0 Å². The largest absolute Gasteiger partial charge is 0.300 e. The molecule has 23 heavy (non-hydrogen) atoms. The molecule has 1 amide bonds. The maximum absolute atomic E-state index is 12.1. The molecule has 0 saturated carbocycles. The van der Waals surface area contributed by atoms with E-state index in [9.17, 15) is 4.79 Å². The second-order valence-electron chi connectivity index (χ2n) is 5.48. The molecule has 0 spiro atoms. The van der Waals surface area contributed by atoms with Crippen LogP contribution in [-0.4, -0.2) is 21.1 Å². The van der Waals surface area contributed by atoms with E-state index in [0.29, 0.717) is 11.0 Å². The van der Waals surface area contributed by atoms with Crippen molar-refractivity contribution in [2.45, 2.75) is 26.7 Å². The van der Waals surface area contributed by atoms with Gasteiger partial charge in [-0.15, -0.1) is 21.5 Å². The van der Waals surface area contributed by atoms with Crippen molar-refractivity contribution >= 4 is 45.0 Å². The summed E-state index contributed by atoms with van der Waals surface area (Å²) in [5.41, 5.74) is 1.88. The molecule has 0 aromatic carbocycles. The van der Waals surface area contributed by atoms with Crippen molar-refractivity contribution in [3.05, 3.63) is 32.9 Å². The van der Waals surface area contributed by atoms with Crippen LogP contribution in [-0.2, 0) is 17.6 Å². The number of hydrogen-bond donors (Lipinski definition) is 1. The Morgan fingerprint density at radius 3 is 2.91 bits per heavy atom. The topological polar surface area (TPSA) is 67.8 Å². The van der Waals surface area contributed by atoms with E-state index in [1.807, 2.05) is 16.8 Å². The SMILES string of the molecule is CC(C)Cc1nnc(NC(=O)Cc2csc(-c3ccsc3)n2)s1. The Labute approximate surface area is 146 Å². The summed E-state index contributed by atoms with van der Waals surface area (Å²) in [6.45, 7) is 4.26. The second-order valence-corrected chi connectivity index (χ2v) is 8.18. The first-order valence-corrected chi connectivity index (χ1v) is 9.83. The molecule has 0 fully saturated rings. The second kappa shape index (κ2) is 7.29. The first kappa shape index (κ1) is 16.2. The molecule has 120 valence electrons. The molecule has 0 unspecified atom stereocenters. The predicted molar refractivity (Wildman–Crippen MR) is 96.2 cm³/mol. The number of nitrogens with one attached hydrogen (secondary N) is 1. The lowest BCUT2D eigenvalue weighted by Gasteiger charge is -1.99. The third-order valence-electron chi connectivity index (χ3n) is 2.96. The van der Waals surface area contributed by atoms with Gasteiger partial charge < -0.3 is 5.32 Å². The van der Waals surface area contributed by atoms with Crippen LogP contribution >= 0.6 is 34.0 Å². The van der Waals surface area contributed by atoms with Gasteiger partial charge in [0.1, 0.15) is 10.0 Å². The van der Waals surface area contributed by atoms with E-state index in [1.54, 1.807) is 22.7 Å². The third-order valence-corrected chi connectivity index (χ3v) is 5.44. The monoisotopic (exact) mass is 364 g/mol. The van der Waals surface area contributed by atoms with Crippen molar-refractivity contribution in [2.24, 2.45) is 5.92 Å². The third kappa shape index (κ3) is 4.43. The summed E-state index contributed by atoms with van der Waals surface area (Å²) in [4.78, 5) is 16.6. The van der Waals surface area contributed by atoms with Crippen molar-refractivity contribution in [3.8, 4) is 10.6 Å². The lowest BCUT2D eigenvalue weighted by atomic mass is 10.1. The molecule has 8 heteroatoms. The number of aromatic nitrogens is 3. The number of thiophene rings is 1. The van der Waals surface area contributed by atoms with Crippen LogP contribution in [0.5, 0.6) is 0 Å². The van der Waals surface area contributed by atoms with Crippen LogP contribution in [0.25, 0.3) is 10.6 Å². The fourth-order valence-corrected chi connectivity index (χ4v) is 4.47. The Hall–Kier alpha value is -1.64. The molecule has 0 atom stereocenters. The van der Waals surface area contributed by atoms with Crippen LogP contribution < -0.4 is 5.32 Å². The molecule has 3 aromatic heterocycles. The molecule has 0 aliphatic rings. The maximum atomic E-state index is 12.1. The number of nitrogens with zero attached hydrogens (tertiary/aromatic N) is 3. The molecular weight excluding hydrogens is 348 g/mol. The highest BCUT2D eigenvalue weighted by Gasteiger charge is 2.12. The first-order valence-electron chi connectivity index (χ1n) is 7.19. The highest BCUT2D eigenvalue weighted by molar-refractivity contribution is 7.15. The number of hydrogen-bond acceptors (Lipinski definition) is 7. The normalized spacial score (nSPS) is 11.1. The lowest BCUT2D eigenvalue weighted by molar-refractivity contribution is -0.115. The number of thiazole rings is 1. The summed E-state index contributed by atoms with van der Waals surface area (Å²) in [6, 6.07) is 2.03. The Balaban J connectivity index is 1.58. The molecule has 0 aliphatic carbocycles. The number of anilines is 1. The molecule has 0 aliphatic heterocycles. The zero-order valence-electron chi connectivity index (χ0n) is 12.8. The Morgan fingerprint density at radius 2 is 2.17 bits per heavy atom. The van der Waals surface area contributed by atoms with Crippen molar-refractivity contribution in [1.29, 1.82) is 0 Å². The zero-order valence-corrected chi connectivity index (χ0v) is 15.2. The summed E-state index contributed by atoms with van der Waals surface area (Å²) in [5.74, 6) is 0.413. The van der Waals surface area contributed by atoms with Gasteiger partial charge in [-0.05, 0) is 17.4 Å². The minimum Gasteiger partial charge on any atom is -0.300 e. The quantitative estimate of drug-likeness (QED) is 0.715. The van der Waals surface area contributed by atoms with E-state index in [0.717, 1.165) is 27.7 Å². The summed E-state index contributed by atoms with van der Waals surface area (Å²) < 4.78 is 0. The lowest BCUT2D eigenvalue weighted by Crippen LogP contribution is -2.14. The number of carbonyl (C=O) groups is 1. The minimum absolute atomic E-state index is 0.112. The molecular formula is C15H16N4OS3. The van der Waals surface area contributed by atoms with E-state index in [4.69, 9.17) is 0 Å². The van der Waals surface area contributed by atoms with Crippen LogP contribution in [0.3, 0.4) is 0 Å². The van der Waals surface area contributed by atoms with E-state index in [-0.39, 0.29) is 12.3 Å². The fraction of sp³-hybridized carbons (Fsp3) is 0.333. The maximum Gasteiger partial charge on any atom is 0.232 e. The predicted octanol–water partition coefficient (Wildman–Crippen LogP) is 4.10. The summed E-state index contributed by atoms with van der Waals surface area (Å²) >= 11 is 4.63. The van der Waals surface area contributed by atoms with Gasteiger partial charge in [-0.1, -0.05) is 25.2 Å². The summed E-state index contributed by atoms with van der Waals surface area (Å²) in [5, 5.41) is 19.4. The minimum atomic E-state index is -0.112. The van der Waals surface area contributed by atoms with Gasteiger partial charge in [0.25, 0.3) is 0 Å². The molecule has 5 nitrogen and oxygen atoms in total. The van der Waals surface area contributed by atoms with Crippen LogP contribution in [0.4, 0.5) is 5.13 Å². The van der Waals surface area contributed by atoms with Crippen LogP contribution in [0.1, 0.15) is 24.5 Å². The number of rotatable bonds is 6. The van der Waals surface area contributed by atoms with Crippen molar-refractivity contribution in [1.82, 2.24) is 15.2 Å². The Kier molecular flexibility index (Phi) is 5.14. The van der Waals surface area contributed by atoms with Gasteiger partial charge in [0.15, 0.2) is 0 Å². The van der Waals surface area contributed by atoms with Crippen LogP contribution in [0, 0.1) is 5.92 Å². The first-order chi connectivity index (χ1) is 11.1. The molecule has 0 radical (unpaired) electrons. The van der Waals surface area contributed by atoms with Crippen LogP contribution in [0.15, 0.2) is 22.2 Å². The number of carbonyl (C=O) groups excluding carboxylic acids is 1. The molecule has 3 rings (SSSR count). The average molecular weight is 365 g/mol. The highest BCUT2D eigenvalue weighted by atomic mass is 32.1. The van der Waals surface area contributed by atoms with Gasteiger partial charge in [0, 0.05) is 22.7 Å². The van der Waals surface area contributed by atoms with Gasteiger partial charge in [-0.2, -0.15) is 11.3 Å². The van der Waals surface area contributed by atoms with Gasteiger partial charge >= 0.3 is 0 Å². The molecule has 1 N–H and O–H groups in total. The van der Waals surface area contributed by atoms with Gasteiger partial charge in [0.2, 0.25) is 11.0 Å². The molecule has 3 aromatic rings. The fourth-order valence-electron chi connectivity index (χ4n) is 1.97. The van der Waals surface area contributed by atoms with Gasteiger partial charge in [0.05, 0.1) is 12.1 Å². The molecule has 0 saturated heterocycles. The Morgan fingerprint density at radius 1 is 1.30 bits per heavy atom.